The average Bonchev–Trinajstić information content (AvgIpc) is 2.76. The van der Waals surface area contributed by atoms with Crippen molar-refractivity contribution in [2.24, 2.45) is 0 Å². The summed E-state index contributed by atoms with van der Waals surface area (Å²) in [6.45, 7) is 2.76. The summed E-state index contributed by atoms with van der Waals surface area (Å²) in [6.07, 6.45) is 3.85. The summed E-state index contributed by atoms with van der Waals surface area (Å²) in [7, 11) is 0. The third kappa shape index (κ3) is 3.32. The van der Waals surface area contributed by atoms with Crippen molar-refractivity contribution in [3.05, 3.63) is 52.2 Å². The lowest BCUT2D eigenvalue weighted by atomic mass is 10.2. The van der Waals surface area contributed by atoms with Crippen LogP contribution in [0.3, 0.4) is 0 Å². The molecule has 0 aliphatic heterocycles. The van der Waals surface area contributed by atoms with Gasteiger partial charge in [0.2, 0.25) is 0 Å². The van der Waals surface area contributed by atoms with E-state index < -0.39 is 0 Å². The molecule has 96 valence electrons. The molecule has 1 aromatic heterocycles. The number of nitrogens with one attached hydrogen (secondary N) is 1. The first-order valence-electron chi connectivity index (χ1n) is 6.49. The van der Waals surface area contributed by atoms with E-state index in [2.05, 4.69) is 29.1 Å². The Morgan fingerprint density at radius 2 is 2.00 bits per heavy atom. The lowest BCUT2D eigenvalue weighted by Crippen LogP contribution is -2.19. The quantitative estimate of drug-likeness (QED) is 0.847. The number of aryl methyl sites for hydroxylation is 3. The van der Waals surface area contributed by atoms with Gasteiger partial charge in [-0.15, -0.1) is 0 Å². The highest BCUT2D eigenvalue weighted by Crippen LogP contribution is 2.01. The maximum atomic E-state index is 11.7. The number of hydrogen-bond acceptors (Lipinski definition) is 2. The molecule has 0 aliphatic rings. The normalized spacial score (nSPS) is 10.7. The Bertz CT molecular complexity index is 527. The third-order valence-corrected chi connectivity index (χ3v) is 2.95. The van der Waals surface area contributed by atoms with Crippen molar-refractivity contribution >= 4 is 0 Å². The third-order valence-electron chi connectivity index (χ3n) is 2.95. The Morgan fingerprint density at radius 3 is 2.72 bits per heavy atom. The van der Waals surface area contributed by atoms with Crippen LogP contribution in [0.25, 0.3) is 0 Å². The fraction of sp³-hybridized carbons (Fsp3) is 0.429. The average molecular weight is 245 g/mol. The van der Waals surface area contributed by atoms with Gasteiger partial charge in [0.15, 0.2) is 0 Å². The van der Waals surface area contributed by atoms with Crippen LogP contribution in [0.15, 0.2) is 35.1 Å². The smallest absolute Gasteiger partial charge is 0.293 e. The van der Waals surface area contributed by atoms with E-state index in [9.17, 15) is 4.79 Å². The Morgan fingerprint density at radius 1 is 1.22 bits per heavy atom. The zero-order chi connectivity index (χ0) is 12.8. The summed E-state index contributed by atoms with van der Waals surface area (Å²) in [5.41, 5.74) is 1.12. The molecule has 2 aromatic rings. The Kier molecular flexibility index (Phi) is 4.34. The van der Waals surface area contributed by atoms with Crippen LogP contribution in [0.4, 0.5) is 0 Å². The first-order valence-corrected chi connectivity index (χ1v) is 6.49. The van der Waals surface area contributed by atoms with Gasteiger partial charge in [0.1, 0.15) is 5.82 Å². The minimum atomic E-state index is -0.1000. The van der Waals surface area contributed by atoms with Crippen molar-refractivity contribution < 1.29 is 0 Å². The van der Waals surface area contributed by atoms with Gasteiger partial charge >= 0.3 is 5.69 Å². The molecule has 0 saturated heterocycles. The van der Waals surface area contributed by atoms with Gasteiger partial charge in [-0.2, -0.15) is 5.10 Å². The fourth-order valence-corrected chi connectivity index (χ4v) is 1.89. The molecule has 4 nitrogen and oxygen atoms in total. The Hall–Kier alpha value is -1.84. The highest BCUT2D eigenvalue weighted by Gasteiger charge is 2.04. The summed E-state index contributed by atoms with van der Waals surface area (Å²) in [4.78, 5) is 14.5. The predicted molar refractivity (Wildman–Crippen MR) is 71.6 cm³/mol. The van der Waals surface area contributed by atoms with Crippen molar-refractivity contribution in [2.45, 2.75) is 39.2 Å². The van der Waals surface area contributed by atoms with Gasteiger partial charge in [0.05, 0.1) is 6.54 Å². The van der Waals surface area contributed by atoms with E-state index in [0.717, 1.165) is 31.5 Å². The number of nitrogens with zero attached hydrogens (tertiary/aromatic N) is 2. The molecular weight excluding hydrogens is 226 g/mol. The van der Waals surface area contributed by atoms with Gasteiger partial charge in [-0.1, -0.05) is 43.7 Å². The summed E-state index contributed by atoms with van der Waals surface area (Å²) in [5.74, 6) is 0.801. The molecule has 0 amide bonds. The molecule has 1 aromatic carbocycles. The number of H-pyrrole nitrogens is 1. The van der Waals surface area contributed by atoms with Gasteiger partial charge in [-0.3, -0.25) is 4.98 Å². The van der Waals surface area contributed by atoms with E-state index in [1.165, 1.54) is 10.2 Å². The van der Waals surface area contributed by atoms with Crippen molar-refractivity contribution in [3.8, 4) is 0 Å². The minimum Gasteiger partial charge on any atom is -0.293 e. The van der Waals surface area contributed by atoms with Gasteiger partial charge in [0.25, 0.3) is 0 Å². The molecule has 1 heterocycles. The molecule has 1 N–H and O–H groups in total. The molecule has 0 fully saturated rings. The highest BCUT2D eigenvalue weighted by molar-refractivity contribution is 5.14. The van der Waals surface area contributed by atoms with Crippen molar-refractivity contribution in [1.82, 2.24) is 14.8 Å². The van der Waals surface area contributed by atoms with Gasteiger partial charge in [-0.05, 0) is 18.4 Å². The molecule has 0 bridgehead atoms. The van der Waals surface area contributed by atoms with Crippen LogP contribution in [0, 0.1) is 0 Å². The monoisotopic (exact) mass is 245 g/mol. The SMILES string of the molecule is CCCCc1nn(CCc2ccccc2)c(=O)[nH]1. The molecule has 4 heteroatoms. The summed E-state index contributed by atoms with van der Waals surface area (Å²) in [6, 6.07) is 10.1. The molecule has 0 saturated carbocycles. The standard InChI is InChI=1S/C14H19N3O/c1-2-3-9-13-15-14(18)17(16-13)11-10-12-7-5-4-6-8-12/h4-8H,2-3,9-11H2,1H3,(H,15,16,18). The van der Waals surface area contributed by atoms with Crippen molar-refractivity contribution in [1.29, 1.82) is 0 Å². The maximum absolute atomic E-state index is 11.7. The second-order valence-corrected chi connectivity index (χ2v) is 4.44. The van der Waals surface area contributed by atoms with E-state index in [0.29, 0.717) is 6.54 Å². The van der Waals surface area contributed by atoms with Crippen LogP contribution in [-0.4, -0.2) is 14.8 Å². The summed E-state index contributed by atoms with van der Waals surface area (Å²) in [5, 5.41) is 4.31. The molecule has 0 radical (unpaired) electrons. The van der Waals surface area contributed by atoms with Crippen LogP contribution in [-0.2, 0) is 19.4 Å². The van der Waals surface area contributed by atoms with Crippen LogP contribution in [0.1, 0.15) is 31.2 Å². The zero-order valence-electron chi connectivity index (χ0n) is 10.7. The number of aromatic amines is 1. The summed E-state index contributed by atoms with van der Waals surface area (Å²) < 4.78 is 1.53. The number of rotatable bonds is 6. The van der Waals surface area contributed by atoms with Gasteiger partial charge in [0, 0.05) is 6.42 Å². The molecule has 0 unspecified atom stereocenters. The maximum Gasteiger partial charge on any atom is 0.343 e. The largest absolute Gasteiger partial charge is 0.343 e. The number of hydrogen-bond donors (Lipinski definition) is 1. The van der Waals surface area contributed by atoms with Gasteiger partial charge in [-0.25, -0.2) is 9.48 Å². The second-order valence-electron chi connectivity index (χ2n) is 4.44. The lowest BCUT2D eigenvalue weighted by molar-refractivity contribution is 0.584. The first kappa shape index (κ1) is 12.6. The molecule has 2 rings (SSSR count). The van der Waals surface area contributed by atoms with Crippen LogP contribution in [0.2, 0.25) is 0 Å². The lowest BCUT2D eigenvalue weighted by Gasteiger charge is -2.00. The summed E-state index contributed by atoms with van der Waals surface area (Å²) >= 11 is 0. The van der Waals surface area contributed by atoms with Gasteiger partial charge < -0.3 is 0 Å². The van der Waals surface area contributed by atoms with Crippen molar-refractivity contribution in [3.63, 3.8) is 0 Å². The Labute approximate surface area is 107 Å². The predicted octanol–water partition coefficient (Wildman–Crippen LogP) is 2.16. The fourth-order valence-electron chi connectivity index (χ4n) is 1.89. The Balaban J connectivity index is 1.97. The van der Waals surface area contributed by atoms with Crippen LogP contribution in [0.5, 0.6) is 0 Å². The van der Waals surface area contributed by atoms with Crippen molar-refractivity contribution in [2.75, 3.05) is 0 Å². The van der Waals surface area contributed by atoms with E-state index in [1.807, 2.05) is 18.2 Å². The number of aromatic nitrogens is 3. The minimum absolute atomic E-state index is 0.1000. The number of unbranched alkanes of at least 4 members (excludes halogenated alkanes) is 1. The molecule has 18 heavy (non-hydrogen) atoms. The van der Waals surface area contributed by atoms with Crippen LogP contribution >= 0.6 is 0 Å². The topological polar surface area (TPSA) is 50.7 Å². The van der Waals surface area contributed by atoms with Crippen LogP contribution < -0.4 is 5.69 Å². The zero-order valence-corrected chi connectivity index (χ0v) is 10.7. The van der Waals surface area contributed by atoms with E-state index >= 15 is 0 Å². The second kappa shape index (κ2) is 6.19. The number of benzene rings is 1. The van der Waals surface area contributed by atoms with E-state index in [1.54, 1.807) is 0 Å². The highest BCUT2D eigenvalue weighted by atomic mass is 16.1. The van der Waals surface area contributed by atoms with E-state index in [4.69, 9.17) is 0 Å². The van der Waals surface area contributed by atoms with E-state index in [-0.39, 0.29) is 5.69 Å². The molecular formula is C14H19N3O. The molecule has 0 spiro atoms. The first-order chi connectivity index (χ1) is 8.79. The molecule has 0 aliphatic carbocycles. The molecule has 0 atom stereocenters.